The van der Waals surface area contributed by atoms with Crippen molar-refractivity contribution in [3.63, 3.8) is 0 Å². The van der Waals surface area contributed by atoms with Gasteiger partial charge in [-0.2, -0.15) is 0 Å². The third kappa shape index (κ3) is 2.45. The Bertz CT molecular complexity index is 283. The fourth-order valence-corrected chi connectivity index (χ4v) is 1.74. The lowest BCUT2D eigenvalue weighted by Crippen LogP contribution is -2.06. The standard InChI is InChI=1S/C9H13NO2S/c1-3-4-10-8-6-13-5-7(8)9(11)12-2/h5-6,10H,3-4H2,1-2H3. The minimum Gasteiger partial charge on any atom is -0.465 e. The number of methoxy groups -OCH3 is 1. The van der Waals surface area contributed by atoms with E-state index in [9.17, 15) is 4.79 Å². The van der Waals surface area contributed by atoms with Gasteiger partial charge in [0.1, 0.15) is 0 Å². The molecule has 0 aliphatic carbocycles. The van der Waals surface area contributed by atoms with Crippen LogP contribution in [0, 0.1) is 0 Å². The number of hydrogen-bond donors (Lipinski definition) is 1. The minimum absolute atomic E-state index is 0.278. The Morgan fingerprint density at radius 3 is 3.00 bits per heavy atom. The number of carbonyl (C=O) groups is 1. The number of hydrogen-bond acceptors (Lipinski definition) is 4. The van der Waals surface area contributed by atoms with Gasteiger partial charge in [0.05, 0.1) is 18.4 Å². The van der Waals surface area contributed by atoms with Gasteiger partial charge in [-0.25, -0.2) is 4.79 Å². The first-order valence-electron chi connectivity index (χ1n) is 4.18. The summed E-state index contributed by atoms with van der Waals surface area (Å²) < 4.78 is 4.64. The van der Waals surface area contributed by atoms with E-state index in [0.717, 1.165) is 18.7 Å². The maximum Gasteiger partial charge on any atom is 0.340 e. The number of nitrogens with one attached hydrogen (secondary N) is 1. The smallest absolute Gasteiger partial charge is 0.340 e. The summed E-state index contributed by atoms with van der Waals surface area (Å²) in [7, 11) is 1.39. The van der Waals surface area contributed by atoms with E-state index < -0.39 is 0 Å². The topological polar surface area (TPSA) is 38.3 Å². The molecule has 0 saturated carbocycles. The molecule has 0 atom stereocenters. The Hall–Kier alpha value is -1.03. The predicted octanol–water partition coefficient (Wildman–Crippen LogP) is 2.36. The van der Waals surface area contributed by atoms with Crippen molar-refractivity contribution in [3.8, 4) is 0 Å². The first kappa shape index (κ1) is 10.1. The van der Waals surface area contributed by atoms with E-state index in [1.807, 2.05) is 5.38 Å². The predicted molar refractivity (Wildman–Crippen MR) is 54.4 cm³/mol. The highest BCUT2D eigenvalue weighted by Crippen LogP contribution is 2.21. The van der Waals surface area contributed by atoms with Crippen LogP contribution in [0.2, 0.25) is 0 Å². The normalized spacial score (nSPS) is 9.69. The molecule has 72 valence electrons. The highest BCUT2D eigenvalue weighted by atomic mass is 32.1. The van der Waals surface area contributed by atoms with Crippen LogP contribution in [0.15, 0.2) is 10.8 Å². The van der Waals surface area contributed by atoms with E-state index in [4.69, 9.17) is 0 Å². The van der Waals surface area contributed by atoms with E-state index in [-0.39, 0.29) is 5.97 Å². The van der Waals surface area contributed by atoms with Gasteiger partial charge in [-0.15, -0.1) is 11.3 Å². The van der Waals surface area contributed by atoms with Crippen molar-refractivity contribution in [2.45, 2.75) is 13.3 Å². The molecule has 4 heteroatoms. The average molecular weight is 199 g/mol. The summed E-state index contributed by atoms with van der Waals surface area (Å²) in [6, 6.07) is 0. The number of anilines is 1. The second-order valence-electron chi connectivity index (χ2n) is 2.62. The molecule has 0 aromatic carbocycles. The fraction of sp³-hybridized carbons (Fsp3) is 0.444. The first-order chi connectivity index (χ1) is 6.29. The van der Waals surface area contributed by atoms with Gasteiger partial charge in [-0.1, -0.05) is 6.92 Å². The zero-order valence-corrected chi connectivity index (χ0v) is 8.61. The summed E-state index contributed by atoms with van der Waals surface area (Å²) in [5, 5.41) is 6.88. The van der Waals surface area contributed by atoms with Crippen molar-refractivity contribution in [1.82, 2.24) is 0 Å². The third-order valence-electron chi connectivity index (χ3n) is 1.63. The third-order valence-corrected chi connectivity index (χ3v) is 2.38. The van der Waals surface area contributed by atoms with Crippen molar-refractivity contribution in [1.29, 1.82) is 0 Å². The highest BCUT2D eigenvalue weighted by Gasteiger charge is 2.11. The summed E-state index contributed by atoms with van der Waals surface area (Å²) in [6.07, 6.45) is 1.04. The quantitative estimate of drug-likeness (QED) is 0.756. The van der Waals surface area contributed by atoms with Crippen LogP contribution in [0.1, 0.15) is 23.7 Å². The van der Waals surface area contributed by atoms with E-state index in [1.165, 1.54) is 18.4 Å². The first-order valence-corrected chi connectivity index (χ1v) is 5.12. The molecule has 0 aliphatic rings. The maximum absolute atomic E-state index is 11.2. The van der Waals surface area contributed by atoms with Crippen molar-refractivity contribution in [3.05, 3.63) is 16.3 Å². The molecular formula is C9H13NO2S. The Labute approximate surface area is 81.7 Å². The lowest BCUT2D eigenvalue weighted by Gasteiger charge is -2.04. The molecule has 0 spiro atoms. The van der Waals surface area contributed by atoms with Gasteiger partial charge in [-0.05, 0) is 6.42 Å². The minimum atomic E-state index is -0.278. The van der Waals surface area contributed by atoms with Gasteiger partial charge in [0.2, 0.25) is 0 Å². The van der Waals surface area contributed by atoms with Crippen molar-refractivity contribution < 1.29 is 9.53 Å². The maximum atomic E-state index is 11.2. The van der Waals surface area contributed by atoms with Gasteiger partial charge in [0.25, 0.3) is 0 Å². The molecule has 0 unspecified atom stereocenters. The van der Waals surface area contributed by atoms with E-state index in [2.05, 4.69) is 17.0 Å². The molecule has 1 N–H and O–H groups in total. The van der Waals surface area contributed by atoms with Gasteiger partial charge < -0.3 is 10.1 Å². The molecule has 0 bridgehead atoms. The Kier molecular flexibility index (Phi) is 3.76. The summed E-state index contributed by atoms with van der Waals surface area (Å²) in [5.74, 6) is -0.278. The van der Waals surface area contributed by atoms with Gasteiger partial charge in [0, 0.05) is 17.3 Å². The van der Waals surface area contributed by atoms with E-state index in [1.54, 1.807) is 5.38 Å². The molecule has 1 rings (SSSR count). The van der Waals surface area contributed by atoms with Crippen LogP contribution in [-0.2, 0) is 4.74 Å². The second kappa shape index (κ2) is 4.87. The van der Waals surface area contributed by atoms with Crippen LogP contribution in [-0.4, -0.2) is 19.6 Å². The van der Waals surface area contributed by atoms with Crippen LogP contribution >= 0.6 is 11.3 Å². The molecule has 0 fully saturated rings. The largest absolute Gasteiger partial charge is 0.465 e. The lowest BCUT2D eigenvalue weighted by molar-refractivity contribution is 0.0602. The average Bonchev–Trinajstić information content (AvgIpc) is 2.61. The summed E-state index contributed by atoms with van der Waals surface area (Å²) >= 11 is 1.50. The Morgan fingerprint density at radius 1 is 1.62 bits per heavy atom. The van der Waals surface area contributed by atoms with Gasteiger partial charge in [0.15, 0.2) is 0 Å². The molecule has 13 heavy (non-hydrogen) atoms. The van der Waals surface area contributed by atoms with Crippen LogP contribution in [0.4, 0.5) is 5.69 Å². The monoisotopic (exact) mass is 199 g/mol. The van der Waals surface area contributed by atoms with Crippen LogP contribution in [0.3, 0.4) is 0 Å². The number of esters is 1. The van der Waals surface area contributed by atoms with Crippen molar-refractivity contribution >= 4 is 23.0 Å². The Balaban J connectivity index is 2.71. The van der Waals surface area contributed by atoms with Crippen molar-refractivity contribution in [2.75, 3.05) is 19.0 Å². The number of thiophene rings is 1. The number of carbonyl (C=O) groups excluding carboxylic acids is 1. The molecule has 1 aromatic rings. The SMILES string of the molecule is CCCNc1cscc1C(=O)OC. The van der Waals surface area contributed by atoms with Crippen LogP contribution < -0.4 is 5.32 Å². The van der Waals surface area contributed by atoms with E-state index in [0.29, 0.717) is 5.56 Å². The molecule has 0 radical (unpaired) electrons. The van der Waals surface area contributed by atoms with Gasteiger partial charge in [-0.3, -0.25) is 0 Å². The lowest BCUT2D eigenvalue weighted by atomic mass is 10.3. The van der Waals surface area contributed by atoms with E-state index >= 15 is 0 Å². The molecule has 1 aromatic heterocycles. The number of rotatable bonds is 4. The zero-order chi connectivity index (χ0) is 9.68. The molecule has 0 aliphatic heterocycles. The zero-order valence-electron chi connectivity index (χ0n) is 7.79. The van der Waals surface area contributed by atoms with Crippen LogP contribution in [0.25, 0.3) is 0 Å². The molecule has 0 amide bonds. The molecule has 3 nitrogen and oxygen atoms in total. The molecular weight excluding hydrogens is 186 g/mol. The van der Waals surface area contributed by atoms with Crippen molar-refractivity contribution in [2.24, 2.45) is 0 Å². The summed E-state index contributed by atoms with van der Waals surface area (Å²) in [4.78, 5) is 11.2. The fourth-order valence-electron chi connectivity index (χ4n) is 0.962. The molecule has 1 heterocycles. The Morgan fingerprint density at radius 2 is 2.38 bits per heavy atom. The number of ether oxygens (including phenoxy) is 1. The van der Waals surface area contributed by atoms with Crippen LogP contribution in [0.5, 0.6) is 0 Å². The highest BCUT2D eigenvalue weighted by molar-refractivity contribution is 7.08. The summed E-state index contributed by atoms with van der Waals surface area (Å²) in [6.45, 7) is 2.96. The summed E-state index contributed by atoms with van der Waals surface area (Å²) in [5.41, 5.74) is 1.50. The molecule has 0 saturated heterocycles. The second-order valence-corrected chi connectivity index (χ2v) is 3.36. The van der Waals surface area contributed by atoms with Gasteiger partial charge >= 0.3 is 5.97 Å².